The van der Waals surface area contributed by atoms with Crippen molar-refractivity contribution in [1.82, 2.24) is 20.0 Å². The van der Waals surface area contributed by atoms with E-state index in [1.165, 1.54) is 12.1 Å². The molecule has 1 aromatic heterocycles. The summed E-state index contributed by atoms with van der Waals surface area (Å²) in [7, 11) is 1.56. The summed E-state index contributed by atoms with van der Waals surface area (Å²) in [6.45, 7) is 0. The molecule has 0 aliphatic heterocycles. The zero-order valence-corrected chi connectivity index (χ0v) is 10.3. The van der Waals surface area contributed by atoms with Gasteiger partial charge in [-0.25, -0.2) is 15.2 Å². The van der Waals surface area contributed by atoms with Gasteiger partial charge in [-0.2, -0.15) is 18.2 Å². The fourth-order valence-corrected chi connectivity index (χ4v) is 1.52. The maximum absolute atomic E-state index is 12.6. The molecule has 2 rings (SSSR count). The molecule has 0 fully saturated rings. The van der Waals surface area contributed by atoms with Crippen molar-refractivity contribution in [2.75, 3.05) is 12.5 Å². The molecule has 0 unspecified atom stereocenters. The monoisotopic (exact) mass is 285 g/mol. The third-order valence-corrected chi connectivity index (χ3v) is 2.39. The molecule has 0 spiro atoms. The summed E-state index contributed by atoms with van der Waals surface area (Å²) in [5.41, 5.74) is 3.48. The van der Waals surface area contributed by atoms with Crippen molar-refractivity contribution in [2.45, 2.75) is 6.18 Å². The minimum absolute atomic E-state index is 0.0284. The molecule has 0 saturated heterocycles. The number of hydrazine groups is 1. The number of nitrogens with zero attached hydrogens (tertiary/aromatic N) is 3. The summed E-state index contributed by atoms with van der Waals surface area (Å²) in [6.07, 6.45) is -3.38. The Kier molecular flexibility index (Phi) is 3.70. The quantitative estimate of drug-likeness (QED) is 0.829. The average Bonchev–Trinajstić information content (AvgIpc) is 2.38. The molecule has 0 bridgehead atoms. The third-order valence-electron chi connectivity index (χ3n) is 2.39. The van der Waals surface area contributed by atoms with Crippen LogP contribution in [-0.2, 0) is 6.18 Å². The number of hydrogen-bond donors (Lipinski definition) is 2. The maximum Gasteiger partial charge on any atom is 0.416 e. The molecule has 1 heterocycles. The van der Waals surface area contributed by atoms with E-state index in [-0.39, 0.29) is 11.6 Å². The van der Waals surface area contributed by atoms with E-state index >= 15 is 0 Å². The van der Waals surface area contributed by atoms with Crippen molar-refractivity contribution in [3.63, 3.8) is 0 Å². The van der Waals surface area contributed by atoms with E-state index in [1.807, 2.05) is 0 Å². The van der Waals surface area contributed by atoms with Gasteiger partial charge in [0.1, 0.15) is 6.33 Å². The normalized spacial score (nSPS) is 11.4. The number of anilines is 1. The van der Waals surface area contributed by atoms with Crippen LogP contribution in [0, 0.1) is 0 Å². The fraction of sp³-hybridized carbons (Fsp3) is 0.182. The second kappa shape index (κ2) is 5.29. The van der Waals surface area contributed by atoms with Gasteiger partial charge in [-0.05, 0) is 18.2 Å². The van der Waals surface area contributed by atoms with Crippen LogP contribution in [0.4, 0.5) is 19.1 Å². The molecule has 20 heavy (non-hydrogen) atoms. The zero-order valence-electron chi connectivity index (χ0n) is 10.3. The van der Waals surface area contributed by atoms with Gasteiger partial charge in [-0.3, -0.25) is 9.99 Å². The topological polar surface area (TPSA) is 71.8 Å². The standard InChI is InChI=1S/C11H10F3N5O/c1-15-18-9-16-6-19(10(20)17-9)8-4-2-3-7(5-8)11(12,13)14/h2-6,15H,1H3,(H,17,18,20). The molecular weight excluding hydrogens is 275 g/mol. The summed E-state index contributed by atoms with van der Waals surface area (Å²) in [4.78, 5) is 19.1. The van der Waals surface area contributed by atoms with Crippen molar-refractivity contribution in [2.24, 2.45) is 0 Å². The van der Waals surface area contributed by atoms with E-state index in [2.05, 4.69) is 20.8 Å². The highest BCUT2D eigenvalue weighted by atomic mass is 19.4. The first-order valence-corrected chi connectivity index (χ1v) is 5.48. The molecule has 9 heteroatoms. The van der Waals surface area contributed by atoms with Gasteiger partial charge in [0.05, 0.1) is 11.3 Å². The first kappa shape index (κ1) is 14.0. The molecule has 0 aliphatic rings. The Morgan fingerprint density at radius 2 is 2.05 bits per heavy atom. The highest BCUT2D eigenvalue weighted by Gasteiger charge is 2.30. The van der Waals surface area contributed by atoms with Crippen LogP contribution in [0.2, 0.25) is 0 Å². The zero-order chi connectivity index (χ0) is 14.8. The van der Waals surface area contributed by atoms with E-state index < -0.39 is 17.4 Å². The predicted octanol–water partition coefficient (Wildman–Crippen LogP) is 1.19. The second-order valence-corrected chi connectivity index (χ2v) is 3.76. The molecule has 6 nitrogen and oxygen atoms in total. The molecule has 0 radical (unpaired) electrons. The minimum Gasteiger partial charge on any atom is -0.290 e. The van der Waals surface area contributed by atoms with Gasteiger partial charge in [0.15, 0.2) is 0 Å². The minimum atomic E-state index is -4.48. The van der Waals surface area contributed by atoms with Crippen LogP contribution in [0.15, 0.2) is 35.4 Å². The lowest BCUT2D eigenvalue weighted by Crippen LogP contribution is -2.26. The summed E-state index contributed by atoms with van der Waals surface area (Å²) in [5.74, 6) is 0.0284. The number of aromatic nitrogens is 3. The molecule has 0 amide bonds. The molecule has 0 aliphatic carbocycles. The summed E-state index contributed by atoms with van der Waals surface area (Å²) in [6, 6.07) is 4.36. The molecule has 1 aromatic carbocycles. The van der Waals surface area contributed by atoms with Crippen molar-refractivity contribution in [1.29, 1.82) is 0 Å². The van der Waals surface area contributed by atoms with Gasteiger partial charge in [-0.1, -0.05) is 6.07 Å². The third kappa shape index (κ3) is 2.94. The first-order chi connectivity index (χ1) is 9.41. The highest BCUT2D eigenvalue weighted by molar-refractivity contribution is 5.37. The van der Waals surface area contributed by atoms with Crippen LogP contribution in [0.1, 0.15) is 5.56 Å². The summed E-state index contributed by atoms with van der Waals surface area (Å²) < 4.78 is 38.8. The number of benzene rings is 1. The van der Waals surface area contributed by atoms with E-state index in [4.69, 9.17) is 0 Å². The summed E-state index contributed by atoms with van der Waals surface area (Å²) in [5, 5.41) is 0. The van der Waals surface area contributed by atoms with Crippen LogP contribution in [0.3, 0.4) is 0 Å². The second-order valence-electron chi connectivity index (χ2n) is 3.76. The van der Waals surface area contributed by atoms with Gasteiger partial charge < -0.3 is 0 Å². The number of nitrogens with one attached hydrogen (secondary N) is 2. The highest BCUT2D eigenvalue weighted by Crippen LogP contribution is 2.29. The van der Waals surface area contributed by atoms with Crippen LogP contribution in [-0.4, -0.2) is 21.6 Å². The lowest BCUT2D eigenvalue weighted by atomic mass is 10.2. The number of hydrogen-bond acceptors (Lipinski definition) is 5. The van der Waals surface area contributed by atoms with Crippen molar-refractivity contribution < 1.29 is 13.2 Å². The van der Waals surface area contributed by atoms with Crippen LogP contribution >= 0.6 is 0 Å². The Morgan fingerprint density at radius 3 is 2.65 bits per heavy atom. The van der Waals surface area contributed by atoms with Crippen molar-refractivity contribution in [3.05, 3.63) is 46.6 Å². The maximum atomic E-state index is 12.6. The number of rotatable bonds is 3. The molecular formula is C11H10F3N5O. The van der Waals surface area contributed by atoms with Gasteiger partial charge in [-0.15, -0.1) is 0 Å². The molecule has 0 saturated carbocycles. The molecule has 0 atom stereocenters. The number of alkyl halides is 3. The predicted molar refractivity (Wildman–Crippen MR) is 65.3 cm³/mol. The Labute approximate surface area is 111 Å². The molecule has 2 N–H and O–H groups in total. The van der Waals surface area contributed by atoms with E-state index in [9.17, 15) is 18.0 Å². The van der Waals surface area contributed by atoms with Crippen LogP contribution < -0.4 is 16.5 Å². The molecule has 2 aromatic rings. The first-order valence-electron chi connectivity index (χ1n) is 5.48. The van der Waals surface area contributed by atoms with Crippen LogP contribution in [0.25, 0.3) is 5.69 Å². The smallest absolute Gasteiger partial charge is 0.290 e. The van der Waals surface area contributed by atoms with Gasteiger partial charge in [0.2, 0.25) is 5.95 Å². The van der Waals surface area contributed by atoms with E-state index in [0.717, 1.165) is 23.0 Å². The Bertz CT molecular complexity index is 668. The van der Waals surface area contributed by atoms with E-state index in [1.54, 1.807) is 7.05 Å². The Balaban J connectivity index is 2.44. The fourth-order valence-electron chi connectivity index (χ4n) is 1.52. The summed E-state index contributed by atoms with van der Waals surface area (Å²) >= 11 is 0. The lowest BCUT2D eigenvalue weighted by Gasteiger charge is -2.10. The number of halogens is 3. The average molecular weight is 285 g/mol. The van der Waals surface area contributed by atoms with Crippen molar-refractivity contribution >= 4 is 5.95 Å². The molecule has 106 valence electrons. The Hall–Kier alpha value is -2.42. The van der Waals surface area contributed by atoms with Crippen LogP contribution in [0.5, 0.6) is 0 Å². The largest absolute Gasteiger partial charge is 0.416 e. The van der Waals surface area contributed by atoms with E-state index in [0.29, 0.717) is 0 Å². The van der Waals surface area contributed by atoms with Gasteiger partial charge in [0.25, 0.3) is 0 Å². The lowest BCUT2D eigenvalue weighted by molar-refractivity contribution is -0.137. The van der Waals surface area contributed by atoms with Crippen molar-refractivity contribution in [3.8, 4) is 5.69 Å². The Morgan fingerprint density at radius 1 is 1.30 bits per heavy atom. The van der Waals surface area contributed by atoms with Gasteiger partial charge >= 0.3 is 11.9 Å². The SMILES string of the molecule is CNNc1ncn(-c2cccc(C(F)(F)F)c2)c(=O)n1. The van der Waals surface area contributed by atoms with Gasteiger partial charge in [0, 0.05) is 7.05 Å².